The third-order valence-corrected chi connectivity index (χ3v) is 34.1. The number of carboxylic acids is 1. The lowest BCUT2D eigenvalue weighted by molar-refractivity contribution is -0.139. The van der Waals surface area contributed by atoms with E-state index in [0.29, 0.717) is 119 Å². The van der Waals surface area contributed by atoms with Crippen LogP contribution in [-0.2, 0) is 33.5 Å². The molecule has 0 radical (unpaired) electrons. The highest BCUT2D eigenvalue weighted by atomic mass is 28.3. The summed E-state index contributed by atoms with van der Waals surface area (Å²) in [6.45, 7) is 66.2. The Morgan fingerprint density at radius 1 is 0.448 bits per heavy atom. The molecule has 0 heterocycles. The van der Waals surface area contributed by atoms with Gasteiger partial charge in [-0.25, -0.2) is 0 Å². The molecule has 8 rings (SSSR count). The van der Waals surface area contributed by atoms with Crippen molar-refractivity contribution < 1.29 is 53.9 Å². The molecular weight excluding hydrogens is 1420 g/mol. The first-order valence-electron chi connectivity index (χ1n) is 38.0. The van der Waals surface area contributed by atoms with Crippen LogP contribution >= 0.6 is 0 Å². The Bertz CT molecular complexity index is 3170. The average molecular weight is 1570 g/mol. The molecule has 0 saturated carbocycles. The summed E-state index contributed by atoms with van der Waals surface area (Å²) in [4.78, 5) is 69.2. The molecule has 8 aliphatic rings. The van der Waals surface area contributed by atoms with Gasteiger partial charge in [0, 0.05) is 137 Å². The van der Waals surface area contributed by atoms with Crippen molar-refractivity contribution in [1.82, 2.24) is 31.9 Å². The van der Waals surface area contributed by atoms with Crippen LogP contribution in [0.15, 0.2) is 93.0 Å². The number of methoxy groups -OCH3 is 1. The third kappa shape index (κ3) is 37.8. The molecule has 0 bridgehead atoms. The number of hydrogen-bond acceptors (Lipinski definition) is 15. The lowest BCUT2D eigenvalue weighted by Gasteiger charge is -2.14. The number of carboxylic acid groups (broad SMARTS) is 1. The number of nitrogens with zero attached hydrogens (tertiary/aromatic N) is 3. The summed E-state index contributed by atoms with van der Waals surface area (Å²) in [5.41, 5.74) is 31.1. The number of carbonyl (C=O) groups is 6. The molecule has 0 fully saturated rings. The number of nitrogens with one attached hydrogen (secondary N) is 6. The van der Waals surface area contributed by atoms with Crippen molar-refractivity contribution in [2.24, 2.45) is 63.9 Å². The van der Waals surface area contributed by atoms with Crippen molar-refractivity contribution in [3.05, 3.63) is 98.4 Å². The van der Waals surface area contributed by atoms with Crippen LogP contribution in [-0.4, -0.2) is 203 Å². The normalized spacial score (nSPS) is 21.2. The van der Waals surface area contributed by atoms with Crippen LogP contribution < -0.4 is 43.4 Å². The van der Waals surface area contributed by atoms with E-state index in [9.17, 15) is 28.8 Å². The van der Waals surface area contributed by atoms with Crippen molar-refractivity contribution in [1.29, 1.82) is 0 Å². The van der Waals surface area contributed by atoms with Gasteiger partial charge < -0.3 is 68.5 Å². The minimum Gasteiger partial charge on any atom is -0.480 e. The summed E-state index contributed by atoms with van der Waals surface area (Å²) < 4.78 is 4.57. The standard InChI is InChI=1S/C15H28N2O3Si.C12H20N2O3.C11H21NO2Si.C8H15N3Si.2C8H17NSi.C8H16OSi.C7H11NO2/c1-11-12(15(11)21(2,3)4)10-17-14(20)7-5-6-13(19)16-8-9-18;1-9-7-10(9)8-14-12(17)4-2-3-11(16)13-5-6-15;1-8-9(11(8)15(3,4)5)6-12-7-10(13)14-2;1-6-7(5-10-11-9)8(6)12(2,3)4;3*1-6-7(5-9)8(6)10(2,3)4;1-5-2-6(5)3-8-4-7(9)10/h12,18H,5-10H2,1-4H3,(H,16,19)(H,17,20);7,10,15H,2-6,8H2,1H3,(H,13,16)(H,14,17);9,12H,6-7H2,1-5H3;7H,5H2,1-4H3;2*7H,5,9H2,1-4H3;7,9H,5H2,1-4H3;2,6,8H,3-4H2,1H3,(H,9,10). The monoisotopic (exact) mass is 1570 g/mol. The maximum absolute atomic E-state index is 11.7. The van der Waals surface area contributed by atoms with E-state index in [-0.39, 0.29) is 62.4 Å². The van der Waals surface area contributed by atoms with Gasteiger partial charge in [-0.15, -0.1) is 0 Å². The van der Waals surface area contributed by atoms with Gasteiger partial charge in [0.05, 0.1) is 88.5 Å². The SMILES string of the molecule is CC1=C([Si](C)(C)C)C1CN.CC1=C([Si](C)(C)C)C1CN.CC1=C([Si](C)(C)C)C1CN=[N+]=[N-].CC1=C([Si](C)(C)C)C1CNC(=O)CCCC(=O)NCCO.CC1=C([Si](C)(C)C)C1CO.CC1=CC1CNC(=O)CCCC(=O)NCCO.CC1=CC1CNCC(=O)O.COC(=O)CNCC1C(C)=C1[Si](C)(C)C. The van der Waals surface area contributed by atoms with E-state index >= 15 is 0 Å². The molecule has 0 aromatic rings. The highest BCUT2D eigenvalue weighted by molar-refractivity contribution is 6.86. The Morgan fingerprint density at radius 2 is 0.743 bits per heavy atom. The quantitative estimate of drug-likeness (QED) is 0.00701. The number of aliphatic hydroxyl groups is 3. The minimum atomic E-state index is -1.22. The van der Waals surface area contributed by atoms with Crippen LogP contribution in [0.25, 0.3) is 10.4 Å². The molecule has 0 aromatic carbocycles. The van der Waals surface area contributed by atoms with Gasteiger partial charge in [-0.05, 0) is 73.8 Å². The maximum atomic E-state index is 11.7. The number of esters is 1. The first kappa shape index (κ1) is 98.1. The van der Waals surface area contributed by atoms with Crippen molar-refractivity contribution in [3.8, 4) is 0 Å². The van der Waals surface area contributed by atoms with Crippen LogP contribution in [0, 0.1) is 47.3 Å². The highest BCUT2D eigenvalue weighted by Crippen LogP contribution is 2.48. The Kier molecular flexibility index (Phi) is 41.7. The molecule has 0 aromatic heterocycles. The van der Waals surface area contributed by atoms with E-state index in [1.165, 1.54) is 40.5 Å². The number of nitrogens with two attached hydrogens (primary N) is 2. The van der Waals surface area contributed by atoms with E-state index in [1.807, 2.05) is 13.8 Å². The molecule has 8 unspecified atom stereocenters. The molecule has 0 saturated heterocycles. The fourth-order valence-electron chi connectivity index (χ4n) is 14.4. The van der Waals surface area contributed by atoms with Crippen LogP contribution in [0.3, 0.4) is 0 Å². The molecule has 8 aliphatic carbocycles. The van der Waals surface area contributed by atoms with Gasteiger partial charge in [0.2, 0.25) is 23.6 Å². The van der Waals surface area contributed by atoms with Crippen LogP contribution in [0.4, 0.5) is 0 Å². The summed E-state index contributed by atoms with van der Waals surface area (Å²) in [6, 6.07) is 0. The molecule has 598 valence electrons. The third-order valence-electron chi connectivity index (χ3n) is 20.0. The van der Waals surface area contributed by atoms with Gasteiger partial charge in [0.15, 0.2) is 0 Å². The number of aliphatic carboxylic acids is 1. The molecule has 4 amide bonds. The largest absolute Gasteiger partial charge is 0.480 e. The predicted molar refractivity (Wildman–Crippen MR) is 450 cm³/mol. The molecule has 0 spiro atoms. The Morgan fingerprint density at radius 3 is 1.01 bits per heavy atom. The number of rotatable bonds is 35. The van der Waals surface area contributed by atoms with Gasteiger partial charge in [0.25, 0.3) is 0 Å². The minimum absolute atomic E-state index is 0.00643. The van der Waals surface area contributed by atoms with Crippen molar-refractivity contribution in [3.63, 3.8) is 0 Å². The summed E-state index contributed by atoms with van der Waals surface area (Å²) >= 11 is 0. The molecule has 22 nitrogen and oxygen atoms in total. The predicted octanol–water partition coefficient (Wildman–Crippen LogP) is 11.4. The number of ether oxygens (including phenoxy) is 1. The fraction of sp³-hybridized carbons (Fsp3) is 0.714. The number of amides is 4. The smallest absolute Gasteiger partial charge is 0.319 e. The average Bonchev–Trinajstić information content (AvgIpc) is 1.68. The zero-order valence-corrected chi connectivity index (χ0v) is 76.1. The first-order chi connectivity index (χ1) is 48.4. The molecule has 28 heteroatoms. The molecule has 8 atom stereocenters. The van der Waals surface area contributed by atoms with Crippen LogP contribution in [0.1, 0.15) is 93.9 Å². The van der Waals surface area contributed by atoms with E-state index < -0.39 is 54.4 Å². The number of aliphatic hydroxyl groups excluding tert-OH is 3. The first-order valence-corrected chi connectivity index (χ1v) is 59.0. The fourth-order valence-corrected chi connectivity index (χ4v) is 30.3. The molecule has 14 N–H and O–H groups in total. The van der Waals surface area contributed by atoms with Gasteiger partial charge in [0.1, 0.15) is 0 Å². The van der Waals surface area contributed by atoms with Gasteiger partial charge in [-0.2, -0.15) is 0 Å². The number of hydrogen-bond donors (Lipinski definition) is 12. The van der Waals surface area contributed by atoms with E-state index in [2.05, 4.69) is 218 Å². The molecule has 105 heavy (non-hydrogen) atoms. The second kappa shape index (κ2) is 44.7. The summed E-state index contributed by atoms with van der Waals surface area (Å²) in [7, 11) is -5.01. The number of azide groups is 1. The highest BCUT2D eigenvalue weighted by Gasteiger charge is 2.45. The van der Waals surface area contributed by atoms with E-state index in [0.717, 1.165) is 26.2 Å². The molecular formula is C77H145N11O11Si6. The van der Waals surface area contributed by atoms with Crippen molar-refractivity contribution in [2.45, 2.75) is 212 Å². The van der Waals surface area contributed by atoms with Crippen molar-refractivity contribution >= 4 is 84.0 Å². The lowest BCUT2D eigenvalue weighted by Crippen LogP contribution is -2.30. The Balaban J connectivity index is 0.000000609. The zero-order valence-electron chi connectivity index (χ0n) is 70.1. The van der Waals surface area contributed by atoms with Crippen LogP contribution in [0.5, 0.6) is 0 Å². The van der Waals surface area contributed by atoms with Gasteiger partial charge >= 0.3 is 11.9 Å². The topological polar surface area (TPSA) is 366 Å². The molecule has 0 aliphatic heterocycles. The second-order valence-corrected chi connectivity index (χ2v) is 65.4. The Hall–Kier alpha value is -4.93. The zero-order chi connectivity index (χ0) is 81.1. The number of carbonyl (C=O) groups excluding carboxylic acids is 5. The Labute approximate surface area is 639 Å². The maximum Gasteiger partial charge on any atom is 0.319 e. The second-order valence-electron chi connectivity index (χ2n) is 35.2. The van der Waals surface area contributed by atoms with E-state index in [1.54, 1.807) is 42.3 Å². The summed E-state index contributed by atoms with van der Waals surface area (Å²) in [5, 5.41) is 64.6. The summed E-state index contributed by atoms with van der Waals surface area (Å²) in [5.74, 6) is 3.26. The van der Waals surface area contributed by atoms with Gasteiger partial charge in [-0.3, -0.25) is 28.8 Å². The summed E-state index contributed by atoms with van der Waals surface area (Å²) in [6.07, 6.45) is 6.72. The van der Waals surface area contributed by atoms with Gasteiger partial charge in [-0.1, -0.05) is 211 Å². The van der Waals surface area contributed by atoms with Crippen LogP contribution in [0.2, 0.25) is 118 Å². The van der Waals surface area contributed by atoms with Crippen molar-refractivity contribution in [2.75, 3.05) is 98.9 Å². The lowest BCUT2D eigenvalue weighted by atomic mass is 10.2. The van der Waals surface area contributed by atoms with E-state index in [4.69, 9.17) is 37.4 Å².